The third-order valence-electron chi connectivity index (χ3n) is 4.40. The van der Waals surface area contributed by atoms with Gasteiger partial charge in [-0.15, -0.1) is 34.2 Å². The van der Waals surface area contributed by atoms with Crippen molar-refractivity contribution in [1.29, 1.82) is 0 Å². The van der Waals surface area contributed by atoms with E-state index >= 15 is 0 Å². The molecule has 0 unspecified atom stereocenters. The van der Waals surface area contributed by atoms with E-state index in [1.54, 1.807) is 0 Å². The first-order chi connectivity index (χ1) is 13.3. The fourth-order valence-electron chi connectivity index (χ4n) is 3.00. The second-order valence-electron chi connectivity index (χ2n) is 6.17. The van der Waals surface area contributed by atoms with E-state index in [-0.39, 0.29) is 24.0 Å². The van der Waals surface area contributed by atoms with E-state index in [2.05, 4.69) is 41.4 Å². The fourth-order valence-corrected chi connectivity index (χ4v) is 3.00. The average Bonchev–Trinajstić information content (AvgIpc) is 3.25. The zero-order valence-corrected chi connectivity index (χ0v) is 18.2. The second kappa shape index (κ2) is 9.00. The van der Waals surface area contributed by atoms with Crippen molar-refractivity contribution >= 4 is 46.6 Å². The van der Waals surface area contributed by atoms with Gasteiger partial charge in [0.05, 0.1) is 17.6 Å². The van der Waals surface area contributed by atoms with Crippen LogP contribution in [-0.2, 0) is 20.1 Å². The Morgan fingerprint density at radius 3 is 2.68 bits per heavy atom. The molecule has 2 N–H and O–H groups in total. The molecule has 9 heteroatoms. The first-order valence-electron chi connectivity index (χ1n) is 8.97. The van der Waals surface area contributed by atoms with Crippen LogP contribution in [0, 0.1) is 0 Å². The first kappa shape index (κ1) is 20.1. The zero-order valence-electron chi connectivity index (χ0n) is 15.8. The predicted molar refractivity (Wildman–Crippen MR) is 121 cm³/mol. The maximum atomic E-state index is 4.67. The van der Waals surface area contributed by atoms with Gasteiger partial charge in [0.2, 0.25) is 0 Å². The summed E-state index contributed by atoms with van der Waals surface area (Å²) in [6.07, 6.45) is 1.95. The summed E-state index contributed by atoms with van der Waals surface area (Å²) in [6, 6.07) is 13.9. The number of halogens is 1. The lowest BCUT2D eigenvalue weighted by Crippen LogP contribution is -2.37. The van der Waals surface area contributed by atoms with Crippen LogP contribution in [0.5, 0.6) is 0 Å². The van der Waals surface area contributed by atoms with Gasteiger partial charge in [-0.3, -0.25) is 4.40 Å². The van der Waals surface area contributed by atoms with Gasteiger partial charge in [-0.25, -0.2) is 9.98 Å². The lowest BCUT2D eigenvalue weighted by Gasteiger charge is -2.10. The maximum absolute atomic E-state index is 4.67. The molecule has 0 saturated carbocycles. The number of hydrogen-bond acceptors (Lipinski definition) is 4. The Bertz CT molecular complexity index is 1100. The maximum Gasteiger partial charge on any atom is 0.192 e. The molecule has 0 amide bonds. The second-order valence-corrected chi connectivity index (χ2v) is 6.17. The Balaban J connectivity index is 0.00000225. The lowest BCUT2D eigenvalue weighted by atomic mass is 10.3. The molecule has 8 nitrogen and oxygen atoms in total. The summed E-state index contributed by atoms with van der Waals surface area (Å²) in [5, 5.41) is 15.0. The molecule has 0 aliphatic heterocycles. The summed E-state index contributed by atoms with van der Waals surface area (Å²) in [5.74, 6) is 2.47. The van der Waals surface area contributed by atoms with E-state index in [1.807, 2.05) is 61.0 Å². The zero-order chi connectivity index (χ0) is 18.6. The standard InChI is InChI=1S/C19H22N8.HI/c1-3-20-19(22-13-18-25-24-16-10-6-7-11-27(16)18)21-12-17-23-14-8-4-5-9-15(14)26(17)2;/h4-11H,3,12-13H2,1-2H3,(H2,20,21,22);1H. The number of pyridine rings is 1. The Morgan fingerprint density at radius 1 is 1.04 bits per heavy atom. The number of nitrogens with zero attached hydrogens (tertiary/aromatic N) is 6. The molecular weight excluding hydrogens is 467 g/mol. The van der Waals surface area contributed by atoms with Gasteiger partial charge >= 0.3 is 0 Å². The first-order valence-corrected chi connectivity index (χ1v) is 8.97. The number of hydrogen-bond donors (Lipinski definition) is 2. The molecule has 0 spiro atoms. The minimum absolute atomic E-state index is 0. The van der Waals surface area contributed by atoms with Crippen LogP contribution >= 0.6 is 24.0 Å². The van der Waals surface area contributed by atoms with E-state index in [0.29, 0.717) is 13.1 Å². The smallest absolute Gasteiger partial charge is 0.192 e. The average molecular weight is 490 g/mol. The number of aryl methyl sites for hydroxylation is 1. The molecule has 3 heterocycles. The van der Waals surface area contributed by atoms with Crippen molar-refractivity contribution in [3.05, 3.63) is 60.3 Å². The summed E-state index contributed by atoms with van der Waals surface area (Å²) in [7, 11) is 2.02. The molecule has 3 aromatic heterocycles. The summed E-state index contributed by atoms with van der Waals surface area (Å²) >= 11 is 0. The van der Waals surface area contributed by atoms with E-state index in [4.69, 9.17) is 0 Å². The lowest BCUT2D eigenvalue weighted by molar-refractivity contribution is 0.752. The minimum Gasteiger partial charge on any atom is -0.357 e. The van der Waals surface area contributed by atoms with E-state index in [0.717, 1.165) is 40.8 Å². The van der Waals surface area contributed by atoms with Gasteiger partial charge in [0.25, 0.3) is 0 Å². The third-order valence-corrected chi connectivity index (χ3v) is 4.40. The summed E-state index contributed by atoms with van der Waals surface area (Å²) < 4.78 is 4.04. The van der Waals surface area contributed by atoms with Crippen LogP contribution in [0.15, 0.2) is 53.7 Å². The van der Waals surface area contributed by atoms with Crippen LogP contribution in [0.4, 0.5) is 0 Å². The highest BCUT2D eigenvalue weighted by molar-refractivity contribution is 14.0. The monoisotopic (exact) mass is 490 g/mol. The third kappa shape index (κ3) is 4.08. The molecule has 0 fully saturated rings. The molecule has 0 radical (unpaired) electrons. The number of benzene rings is 1. The highest BCUT2D eigenvalue weighted by atomic mass is 127. The molecular formula is C19H23IN8. The van der Waals surface area contributed by atoms with Crippen molar-refractivity contribution in [2.24, 2.45) is 12.0 Å². The summed E-state index contributed by atoms with van der Waals surface area (Å²) in [4.78, 5) is 9.34. The normalized spacial score (nSPS) is 11.6. The van der Waals surface area contributed by atoms with Crippen LogP contribution < -0.4 is 10.6 Å². The van der Waals surface area contributed by atoms with Crippen LogP contribution in [0.25, 0.3) is 16.7 Å². The van der Waals surface area contributed by atoms with E-state index < -0.39 is 0 Å². The van der Waals surface area contributed by atoms with Crippen molar-refractivity contribution in [3.8, 4) is 0 Å². The van der Waals surface area contributed by atoms with Crippen LogP contribution in [0.3, 0.4) is 0 Å². The van der Waals surface area contributed by atoms with Crippen LogP contribution in [-0.4, -0.2) is 36.7 Å². The molecule has 0 aliphatic rings. The van der Waals surface area contributed by atoms with Gasteiger partial charge in [-0.2, -0.15) is 0 Å². The van der Waals surface area contributed by atoms with E-state index in [9.17, 15) is 0 Å². The molecule has 0 bridgehead atoms. The number of fused-ring (bicyclic) bond motifs is 2. The van der Waals surface area contributed by atoms with Crippen LogP contribution in [0.1, 0.15) is 18.6 Å². The van der Waals surface area contributed by atoms with Gasteiger partial charge in [-0.05, 0) is 31.2 Å². The Kier molecular flexibility index (Phi) is 6.45. The number of aromatic nitrogens is 5. The highest BCUT2D eigenvalue weighted by Crippen LogP contribution is 2.14. The molecule has 28 heavy (non-hydrogen) atoms. The number of imidazole rings is 1. The van der Waals surface area contributed by atoms with Crippen molar-refractivity contribution in [2.45, 2.75) is 20.0 Å². The van der Waals surface area contributed by atoms with Crippen LogP contribution in [0.2, 0.25) is 0 Å². The van der Waals surface area contributed by atoms with Gasteiger partial charge in [-0.1, -0.05) is 18.2 Å². The molecule has 0 saturated heterocycles. The largest absolute Gasteiger partial charge is 0.357 e. The Morgan fingerprint density at radius 2 is 1.86 bits per heavy atom. The summed E-state index contributed by atoms with van der Waals surface area (Å²) in [6.45, 7) is 3.83. The van der Waals surface area contributed by atoms with Gasteiger partial charge in [0.1, 0.15) is 12.4 Å². The topological polar surface area (TPSA) is 84.4 Å². The molecule has 4 rings (SSSR count). The molecule has 146 valence electrons. The number of rotatable bonds is 5. The molecule has 0 aliphatic carbocycles. The van der Waals surface area contributed by atoms with Gasteiger partial charge in [0, 0.05) is 19.8 Å². The highest BCUT2D eigenvalue weighted by Gasteiger charge is 2.08. The quantitative estimate of drug-likeness (QED) is 0.255. The Hall–Kier alpha value is -2.69. The molecule has 0 atom stereocenters. The van der Waals surface area contributed by atoms with Gasteiger partial charge < -0.3 is 15.2 Å². The van der Waals surface area contributed by atoms with E-state index in [1.165, 1.54) is 0 Å². The van der Waals surface area contributed by atoms with Crippen molar-refractivity contribution in [3.63, 3.8) is 0 Å². The van der Waals surface area contributed by atoms with Crippen molar-refractivity contribution in [2.75, 3.05) is 6.54 Å². The number of aliphatic imine (C=N–C) groups is 1. The number of para-hydroxylation sites is 2. The fraction of sp³-hybridized carbons (Fsp3) is 0.263. The predicted octanol–water partition coefficient (Wildman–Crippen LogP) is 2.49. The minimum atomic E-state index is 0. The SMILES string of the molecule is CCNC(=NCc1nc2ccccc2n1C)NCc1nnc2ccccn12.I. The molecule has 1 aromatic carbocycles. The van der Waals surface area contributed by atoms with Crippen molar-refractivity contribution in [1.82, 2.24) is 34.8 Å². The number of guanidine groups is 1. The molecule has 4 aromatic rings. The Labute approximate surface area is 180 Å². The van der Waals surface area contributed by atoms with Gasteiger partial charge in [0.15, 0.2) is 17.4 Å². The summed E-state index contributed by atoms with van der Waals surface area (Å²) in [5.41, 5.74) is 2.92. The van der Waals surface area contributed by atoms with Crippen molar-refractivity contribution < 1.29 is 0 Å². The number of nitrogens with one attached hydrogen (secondary N) is 2.